The minimum absolute atomic E-state index is 0.172. The van der Waals surface area contributed by atoms with Crippen molar-refractivity contribution in [1.82, 2.24) is 9.21 Å². The lowest BCUT2D eigenvalue weighted by Crippen LogP contribution is -2.48. The highest BCUT2D eigenvalue weighted by Gasteiger charge is 2.30. The molecule has 0 amide bonds. The van der Waals surface area contributed by atoms with Crippen LogP contribution in [-0.4, -0.2) is 67.6 Å². The Hall–Kier alpha value is 0.220. The van der Waals surface area contributed by atoms with E-state index in [0.29, 0.717) is 6.54 Å². The van der Waals surface area contributed by atoms with Crippen LogP contribution in [0.3, 0.4) is 0 Å². The standard InChI is InChI=1S/C12H24N2O2S2/c1-18(15,16)14-8-5-9-17-11-12(14)10-13-6-3-2-4-7-13/h12H,2-11H2,1H3/t12-/m0/s1. The molecule has 0 N–H and O–H groups in total. The minimum Gasteiger partial charge on any atom is -0.302 e. The fourth-order valence-electron chi connectivity index (χ4n) is 2.83. The van der Waals surface area contributed by atoms with Gasteiger partial charge < -0.3 is 4.90 Å². The summed E-state index contributed by atoms with van der Waals surface area (Å²) in [6, 6.07) is 0.172. The molecule has 2 aliphatic heterocycles. The van der Waals surface area contributed by atoms with E-state index < -0.39 is 10.0 Å². The lowest BCUT2D eigenvalue weighted by Gasteiger charge is -2.34. The summed E-state index contributed by atoms with van der Waals surface area (Å²) in [5.74, 6) is 2.03. The predicted octanol–water partition coefficient (Wildman–Crippen LogP) is 1.24. The van der Waals surface area contributed by atoms with Crippen molar-refractivity contribution < 1.29 is 8.42 Å². The first-order valence-corrected chi connectivity index (χ1v) is 9.84. The second kappa shape index (κ2) is 6.59. The number of nitrogens with zero attached hydrogens (tertiary/aromatic N) is 2. The zero-order valence-electron chi connectivity index (χ0n) is 11.2. The molecule has 0 aliphatic carbocycles. The van der Waals surface area contributed by atoms with Gasteiger partial charge >= 0.3 is 0 Å². The lowest BCUT2D eigenvalue weighted by atomic mass is 10.1. The summed E-state index contributed by atoms with van der Waals surface area (Å²) in [5.41, 5.74) is 0. The number of piperidine rings is 1. The van der Waals surface area contributed by atoms with E-state index in [9.17, 15) is 8.42 Å². The molecule has 0 radical (unpaired) electrons. The van der Waals surface area contributed by atoms with Crippen molar-refractivity contribution in [3.8, 4) is 0 Å². The van der Waals surface area contributed by atoms with E-state index in [1.807, 2.05) is 11.8 Å². The maximum Gasteiger partial charge on any atom is 0.211 e. The molecule has 2 saturated heterocycles. The smallest absolute Gasteiger partial charge is 0.211 e. The lowest BCUT2D eigenvalue weighted by molar-refractivity contribution is 0.183. The van der Waals surface area contributed by atoms with E-state index in [1.54, 1.807) is 4.31 Å². The molecule has 6 heteroatoms. The van der Waals surface area contributed by atoms with Gasteiger partial charge in [0.2, 0.25) is 10.0 Å². The number of sulfonamides is 1. The summed E-state index contributed by atoms with van der Waals surface area (Å²) in [7, 11) is -3.06. The molecule has 0 saturated carbocycles. The Morgan fingerprint density at radius 3 is 2.50 bits per heavy atom. The summed E-state index contributed by atoms with van der Waals surface area (Å²) < 4.78 is 25.5. The van der Waals surface area contributed by atoms with Crippen molar-refractivity contribution in [2.45, 2.75) is 31.7 Å². The fourth-order valence-corrected chi connectivity index (χ4v) is 5.12. The van der Waals surface area contributed by atoms with Crippen molar-refractivity contribution in [1.29, 1.82) is 0 Å². The third-order valence-electron chi connectivity index (χ3n) is 3.73. The molecular weight excluding hydrogens is 268 g/mol. The van der Waals surface area contributed by atoms with Crippen LogP contribution in [-0.2, 0) is 10.0 Å². The Morgan fingerprint density at radius 1 is 1.11 bits per heavy atom. The summed E-state index contributed by atoms with van der Waals surface area (Å²) in [4.78, 5) is 2.44. The molecule has 4 nitrogen and oxygen atoms in total. The molecular formula is C12H24N2O2S2. The van der Waals surface area contributed by atoms with Crippen molar-refractivity contribution >= 4 is 21.8 Å². The van der Waals surface area contributed by atoms with Gasteiger partial charge in [-0.2, -0.15) is 16.1 Å². The molecule has 2 aliphatic rings. The first kappa shape index (κ1) is 14.6. The molecule has 0 aromatic carbocycles. The average Bonchev–Trinajstić information content (AvgIpc) is 2.55. The molecule has 1 atom stereocenters. The molecule has 106 valence electrons. The van der Waals surface area contributed by atoms with E-state index in [2.05, 4.69) is 4.90 Å². The summed E-state index contributed by atoms with van der Waals surface area (Å²) in [6.45, 7) is 3.89. The fraction of sp³-hybridized carbons (Fsp3) is 1.00. The quantitative estimate of drug-likeness (QED) is 0.785. The van der Waals surface area contributed by atoms with Gasteiger partial charge in [0, 0.05) is 24.9 Å². The van der Waals surface area contributed by atoms with Crippen molar-refractivity contribution in [3.05, 3.63) is 0 Å². The van der Waals surface area contributed by atoms with Gasteiger partial charge in [-0.05, 0) is 38.1 Å². The van der Waals surface area contributed by atoms with Crippen molar-refractivity contribution in [3.63, 3.8) is 0 Å². The van der Waals surface area contributed by atoms with Gasteiger partial charge in [-0.15, -0.1) is 0 Å². The van der Waals surface area contributed by atoms with Gasteiger partial charge in [0.1, 0.15) is 0 Å². The zero-order valence-corrected chi connectivity index (χ0v) is 12.8. The maximum absolute atomic E-state index is 11.9. The highest BCUT2D eigenvalue weighted by molar-refractivity contribution is 7.99. The van der Waals surface area contributed by atoms with Crippen LogP contribution in [0.5, 0.6) is 0 Å². The second-order valence-electron chi connectivity index (χ2n) is 5.32. The van der Waals surface area contributed by atoms with Gasteiger partial charge in [0.05, 0.1) is 6.26 Å². The van der Waals surface area contributed by atoms with Crippen molar-refractivity contribution in [2.75, 3.05) is 43.9 Å². The number of rotatable bonds is 3. The average molecular weight is 292 g/mol. The Labute approximate surface area is 115 Å². The number of likely N-dealkylation sites (tertiary alicyclic amines) is 1. The summed E-state index contributed by atoms with van der Waals surface area (Å²) >= 11 is 1.90. The Kier molecular flexibility index (Phi) is 5.35. The molecule has 2 fully saturated rings. The van der Waals surface area contributed by atoms with E-state index in [1.165, 1.54) is 25.5 Å². The van der Waals surface area contributed by atoms with E-state index in [4.69, 9.17) is 0 Å². The van der Waals surface area contributed by atoms with Gasteiger partial charge in [0.15, 0.2) is 0 Å². The minimum atomic E-state index is -3.06. The molecule has 0 aromatic rings. The van der Waals surface area contributed by atoms with Crippen LogP contribution in [0.4, 0.5) is 0 Å². The Bertz CT molecular complexity index is 353. The molecule has 2 rings (SSSR count). The number of hydrogen-bond acceptors (Lipinski definition) is 4. The number of thioether (sulfide) groups is 1. The first-order chi connectivity index (χ1) is 8.57. The SMILES string of the molecule is CS(=O)(=O)N1CCCSC[C@@H]1CN1CCCCC1. The molecule has 0 bridgehead atoms. The predicted molar refractivity (Wildman–Crippen MR) is 77.6 cm³/mol. The third-order valence-corrected chi connectivity index (χ3v) is 6.26. The van der Waals surface area contributed by atoms with Gasteiger partial charge in [-0.1, -0.05) is 6.42 Å². The van der Waals surface area contributed by atoms with Crippen LogP contribution in [0.2, 0.25) is 0 Å². The first-order valence-electron chi connectivity index (χ1n) is 6.84. The number of hydrogen-bond donors (Lipinski definition) is 0. The maximum atomic E-state index is 11.9. The molecule has 0 unspecified atom stereocenters. The van der Waals surface area contributed by atoms with E-state index in [0.717, 1.165) is 37.6 Å². The molecule has 0 spiro atoms. The van der Waals surface area contributed by atoms with Gasteiger partial charge in [-0.25, -0.2) is 8.42 Å². The molecule has 2 heterocycles. The largest absolute Gasteiger partial charge is 0.302 e. The summed E-state index contributed by atoms with van der Waals surface area (Å²) in [5, 5.41) is 0. The van der Waals surface area contributed by atoms with Crippen molar-refractivity contribution in [2.24, 2.45) is 0 Å². The van der Waals surface area contributed by atoms with Gasteiger partial charge in [0.25, 0.3) is 0 Å². The highest BCUT2D eigenvalue weighted by Crippen LogP contribution is 2.21. The monoisotopic (exact) mass is 292 g/mol. The van der Waals surface area contributed by atoms with Crippen LogP contribution in [0, 0.1) is 0 Å². The van der Waals surface area contributed by atoms with Crippen LogP contribution >= 0.6 is 11.8 Å². The second-order valence-corrected chi connectivity index (χ2v) is 8.40. The molecule has 0 aromatic heterocycles. The zero-order chi connectivity index (χ0) is 13.0. The van der Waals surface area contributed by atoms with Gasteiger partial charge in [-0.3, -0.25) is 0 Å². The normalized spacial score (nSPS) is 29.1. The third kappa shape index (κ3) is 4.11. The summed E-state index contributed by atoms with van der Waals surface area (Å²) in [6.07, 6.45) is 6.18. The molecule has 18 heavy (non-hydrogen) atoms. The van der Waals surface area contributed by atoms with Crippen LogP contribution < -0.4 is 0 Å². The van der Waals surface area contributed by atoms with E-state index in [-0.39, 0.29) is 6.04 Å². The Morgan fingerprint density at radius 2 is 1.83 bits per heavy atom. The topological polar surface area (TPSA) is 40.6 Å². The van der Waals surface area contributed by atoms with E-state index >= 15 is 0 Å². The van der Waals surface area contributed by atoms with Crippen LogP contribution in [0.15, 0.2) is 0 Å². The highest BCUT2D eigenvalue weighted by atomic mass is 32.2. The van der Waals surface area contributed by atoms with Crippen LogP contribution in [0.1, 0.15) is 25.7 Å². The van der Waals surface area contributed by atoms with Crippen LogP contribution in [0.25, 0.3) is 0 Å². The Balaban J connectivity index is 2.01.